The number of unbranched alkanes of at least 4 members (excludes halogenated alkanes) is 1. The first-order valence-electron chi connectivity index (χ1n) is 13.0. The molecule has 0 atom stereocenters. The molecule has 0 saturated heterocycles. The molecule has 0 spiro atoms. The lowest BCUT2D eigenvalue weighted by Crippen LogP contribution is -2.19. The smallest absolute Gasteiger partial charge is 0.148 e. The third-order valence-electron chi connectivity index (χ3n) is 5.02. The minimum absolute atomic E-state index is 0.0608. The summed E-state index contributed by atoms with van der Waals surface area (Å²) in [5, 5.41) is 1.10. The van der Waals surface area contributed by atoms with E-state index in [0.717, 1.165) is 33.4 Å². The number of aryl methyl sites for hydroxylation is 2. The van der Waals surface area contributed by atoms with E-state index in [-0.39, 0.29) is 5.41 Å². The first-order valence-corrected chi connectivity index (χ1v) is 13.0. The molecular formula is C30H49N3. The van der Waals surface area contributed by atoms with Crippen molar-refractivity contribution in [3.8, 4) is 0 Å². The Hall–Kier alpha value is -2.42. The van der Waals surface area contributed by atoms with E-state index >= 15 is 0 Å². The van der Waals surface area contributed by atoms with Crippen molar-refractivity contribution in [2.75, 3.05) is 0 Å². The van der Waals surface area contributed by atoms with Gasteiger partial charge in [0.2, 0.25) is 0 Å². The molecular weight excluding hydrogens is 402 g/mol. The van der Waals surface area contributed by atoms with Gasteiger partial charge in [0.15, 0.2) is 0 Å². The number of benzene rings is 2. The Bertz CT molecular complexity index is 1100. The van der Waals surface area contributed by atoms with Crippen molar-refractivity contribution in [2.24, 2.45) is 0 Å². The molecule has 2 aromatic carbocycles. The average molecular weight is 452 g/mol. The molecule has 0 amide bonds. The molecule has 0 radical (unpaired) electrons. The quantitative estimate of drug-likeness (QED) is 0.288. The first-order chi connectivity index (χ1) is 15.8. The minimum atomic E-state index is -0.0608. The Morgan fingerprint density at radius 3 is 1.76 bits per heavy atom. The second-order valence-electron chi connectivity index (χ2n) is 8.40. The van der Waals surface area contributed by atoms with E-state index in [4.69, 9.17) is 9.97 Å². The highest BCUT2D eigenvalue weighted by atomic mass is 15.1. The molecule has 0 unspecified atom stereocenters. The van der Waals surface area contributed by atoms with Crippen molar-refractivity contribution >= 4 is 27.6 Å². The standard InChI is InChI=1S/C20H21N3.C4H10.3C2H6/c1-12-10-16-17(11-13(12)2)23-18(21-16)14-8-6-7-9-15(14)22-19(23)20(3,4)5;1-3-4-2;3*1-2/h6-11H,1-5H3;3-4H2,1-2H3;3*1-2H3. The Morgan fingerprint density at radius 2 is 1.24 bits per heavy atom. The molecule has 3 nitrogen and oxygen atoms in total. The van der Waals surface area contributed by atoms with Gasteiger partial charge in [-0.25, -0.2) is 9.97 Å². The van der Waals surface area contributed by atoms with E-state index in [9.17, 15) is 0 Å². The molecule has 33 heavy (non-hydrogen) atoms. The fraction of sp³-hybridized carbons (Fsp3) is 0.533. The fourth-order valence-corrected chi connectivity index (χ4v) is 3.16. The van der Waals surface area contributed by atoms with E-state index in [1.54, 1.807) is 0 Å². The van der Waals surface area contributed by atoms with Crippen LogP contribution in [0.3, 0.4) is 0 Å². The van der Waals surface area contributed by atoms with Crippen molar-refractivity contribution in [3.05, 3.63) is 53.3 Å². The zero-order valence-electron chi connectivity index (χ0n) is 23.7. The van der Waals surface area contributed by atoms with Crippen molar-refractivity contribution in [2.45, 2.75) is 108 Å². The number of hydrogen-bond donors (Lipinski definition) is 0. The third kappa shape index (κ3) is 7.28. The molecule has 0 aliphatic rings. The summed E-state index contributed by atoms with van der Waals surface area (Å²) in [6.07, 6.45) is 2.64. The van der Waals surface area contributed by atoms with Gasteiger partial charge in [-0.15, -0.1) is 0 Å². The Morgan fingerprint density at radius 1 is 0.727 bits per heavy atom. The fourth-order valence-electron chi connectivity index (χ4n) is 3.16. The van der Waals surface area contributed by atoms with Crippen LogP contribution in [-0.4, -0.2) is 14.4 Å². The third-order valence-corrected chi connectivity index (χ3v) is 5.02. The summed E-state index contributed by atoms with van der Waals surface area (Å²) in [7, 11) is 0. The number of hydrogen-bond acceptors (Lipinski definition) is 2. The van der Waals surface area contributed by atoms with Gasteiger partial charge in [0, 0.05) is 10.8 Å². The number of para-hydroxylation sites is 1. The van der Waals surface area contributed by atoms with Crippen LogP contribution >= 0.6 is 0 Å². The number of imidazole rings is 1. The van der Waals surface area contributed by atoms with E-state index in [0.29, 0.717) is 0 Å². The average Bonchev–Trinajstić information content (AvgIpc) is 3.20. The molecule has 0 aliphatic carbocycles. The minimum Gasteiger partial charge on any atom is -0.279 e. The normalized spacial score (nSPS) is 10.2. The van der Waals surface area contributed by atoms with Gasteiger partial charge in [0.25, 0.3) is 0 Å². The van der Waals surface area contributed by atoms with Crippen LogP contribution < -0.4 is 0 Å². The molecule has 0 saturated carbocycles. The predicted octanol–water partition coefficient (Wildman–Crippen LogP) is 9.84. The largest absolute Gasteiger partial charge is 0.279 e. The van der Waals surface area contributed by atoms with Crippen LogP contribution in [-0.2, 0) is 5.41 Å². The topological polar surface area (TPSA) is 30.2 Å². The summed E-state index contributed by atoms with van der Waals surface area (Å²) >= 11 is 0. The van der Waals surface area contributed by atoms with Crippen LogP contribution in [0.15, 0.2) is 36.4 Å². The number of aromatic nitrogens is 3. The number of fused-ring (bicyclic) bond motifs is 5. The maximum atomic E-state index is 4.97. The van der Waals surface area contributed by atoms with Gasteiger partial charge < -0.3 is 0 Å². The highest BCUT2D eigenvalue weighted by Gasteiger charge is 2.23. The van der Waals surface area contributed by atoms with Crippen molar-refractivity contribution < 1.29 is 0 Å². The second-order valence-corrected chi connectivity index (χ2v) is 8.40. The van der Waals surface area contributed by atoms with Crippen LogP contribution in [0, 0.1) is 13.8 Å². The summed E-state index contributed by atoms with van der Waals surface area (Å²) < 4.78 is 2.24. The molecule has 3 heteroatoms. The molecule has 0 fully saturated rings. The second kappa shape index (κ2) is 14.7. The summed E-state index contributed by atoms with van der Waals surface area (Å²) in [5.74, 6) is 1.05. The Kier molecular flexibility index (Phi) is 13.6. The van der Waals surface area contributed by atoms with Gasteiger partial charge in [0.1, 0.15) is 11.5 Å². The van der Waals surface area contributed by atoms with Gasteiger partial charge >= 0.3 is 0 Å². The van der Waals surface area contributed by atoms with Crippen LogP contribution in [0.1, 0.15) is 106 Å². The molecule has 184 valence electrons. The Balaban J connectivity index is 0.000000896. The van der Waals surface area contributed by atoms with Crippen LogP contribution in [0.2, 0.25) is 0 Å². The van der Waals surface area contributed by atoms with Crippen molar-refractivity contribution in [3.63, 3.8) is 0 Å². The number of rotatable bonds is 1. The molecule has 2 heterocycles. The van der Waals surface area contributed by atoms with Gasteiger partial charge in [-0.2, -0.15) is 0 Å². The van der Waals surface area contributed by atoms with Crippen LogP contribution in [0.25, 0.3) is 27.6 Å². The molecule has 4 rings (SSSR count). The highest BCUT2D eigenvalue weighted by Crippen LogP contribution is 2.31. The summed E-state index contributed by atoms with van der Waals surface area (Å²) in [5.41, 5.74) is 6.69. The van der Waals surface area contributed by atoms with Gasteiger partial charge in [-0.1, -0.05) is 101 Å². The Labute approximate surface area is 203 Å². The lowest BCUT2D eigenvalue weighted by molar-refractivity contribution is 0.542. The van der Waals surface area contributed by atoms with E-state index in [2.05, 4.69) is 83.2 Å². The molecule has 0 aliphatic heterocycles. The molecule has 0 bridgehead atoms. The van der Waals surface area contributed by atoms with Crippen LogP contribution in [0.5, 0.6) is 0 Å². The van der Waals surface area contributed by atoms with E-state index < -0.39 is 0 Å². The zero-order chi connectivity index (χ0) is 25.8. The zero-order valence-corrected chi connectivity index (χ0v) is 23.7. The molecule has 0 N–H and O–H groups in total. The van der Waals surface area contributed by atoms with Gasteiger partial charge in [0.05, 0.1) is 16.6 Å². The molecule has 4 aromatic rings. The highest BCUT2D eigenvalue weighted by molar-refractivity contribution is 5.96. The summed E-state index contributed by atoms with van der Waals surface area (Å²) in [4.78, 5) is 9.91. The van der Waals surface area contributed by atoms with E-state index in [1.165, 1.54) is 24.0 Å². The predicted molar refractivity (Wildman–Crippen MR) is 151 cm³/mol. The molecule has 2 aromatic heterocycles. The first kappa shape index (κ1) is 30.6. The summed E-state index contributed by atoms with van der Waals surface area (Å²) in [6, 6.07) is 12.7. The summed E-state index contributed by atoms with van der Waals surface area (Å²) in [6.45, 7) is 27.3. The maximum Gasteiger partial charge on any atom is 0.148 e. The lowest BCUT2D eigenvalue weighted by atomic mass is 9.95. The monoisotopic (exact) mass is 451 g/mol. The van der Waals surface area contributed by atoms with Crippen LogP contribution in [0.4, 0.5) is 0 Å². The van der Waals surface area contributed by atoms with Crippen molar-refractivity contribution in [1.29, 1.82) is 0 Å². The SMILES string of the molecule is CC.CC.CC.CCCC.Cc1cc2nc3c4ccccc4nc(C(C)(C)C)n3c2cc1C. The number of nitrogens with zero attached hydrogens (tertiary/aromatic N) is 3. The lowest BCUT2D eigenvalue weighted by Gasteiger charge is -2.20. The maximum absolute atomic E-state index is 4.97. The van der Waals surface area contributed by atoms with Gasteiger partial charge in [-0.05, 0) is 49.2 Å². The van der Waals surface area contributed by atoms with Crippen molar-refractivity contribution in [1.82, 2.24) is 14.4 Å². The van der Waals surface area contributed by atoms with E-state index in [1.807, 2.05) is 47.6 Å². The van der Waals surface area contributed by atoms with Gasteiger partial charge in [-0.3, -0.25) is 4.40 Å².